The summed E-state index contributed by atoms with van der Waals surface area (Å²) in [6.45, 7) is 4.88. The molecule has 0 spiro atoms. The summed E-state index contributed by atoms with van der Waals surface area (Å²) >= 11 is 6.05. The quantitative estimate of drug-likeness (QED) is 0.900. The van der Waals surface area contributed by atoms with Gasteiger partial charge in [0.2, 0.25) is 11.9 Å². The summed E-state index contributed by atoms with van der Waals surface area (Å²) in [7, 11) is 0. The molecule has 0 unspecified atom stereocenters. The Hall–Kier alpha value is -1.75. The van der Waals surface area contributed by atoms with Crippen molar-refractivity contribution < 1.29 is 4.79 Å². The van der Waals surface area contributed by atoms with Crippen LogP contribution in [-0.2, 0) is 11.3 Å². The monoisotopic (exact) mass is 280 g/mol. The molecule has 0 atom stereocenters. The van der Waals surface area contributed by atoms with Gasteiger partial charge in [-0.25, -0.2) is 4.98 Å². The van der Waals surface area contributed by atoms with Crippen LogP contribution in [0.1, 0.15) is 13.8 Å². The van der Waals surface area contributed by atoms with E-state index in [1.807, 2.05) is 26.0 Å². The molecule has 0 saturated carbocycles. The third-order valence-electron chi connectivity index (χ3n) is 2.77. The molecule has 5 nitrogen and oxygen atoms in total. The van der Waals surface area contributed by atoms with E-state index in [9.17, 15) is 4.79 Å². The molecule has 3 N–H and O–H groups in total. The second-order valence-electron chi connectivity index (χ2n) is 4.86. The number of para-hydroxylation sites is 1. The van der Waals surface area contributed by atoms with Gasteiger partial charge in [0.1, 0.15) is 12.1 Å². The molecule has 1 amide bonds. The maximum atomic E-state index is 11.8. The number of hydrogen-bond acceptors (Lipinski definition) is 3. The fourth-order valence-electron chi connectivity index (χ4n) is 1.81. The summed E-state index contributed by atoms with van der Waals surface area (Å²) in [4.78, 5) is 16.0. The summed E-state index contributed by atoms with van der Waals surface area (Å²) < 4.78 is 1.66. The van der Waals surface area contributed by atoms with E-state index in [0.29, 0.717) is 29.0 Å². The first-order chi connectivity index (χ1) is 8.99. The average Bonchev–Trinajstić information content (AvgIpc) is 2.66. The molecular formula is C13H17ClN4O. The molecule has 102 valence electrons. The van der Waals surface area contributed by atoms with Crippen molar-refractivity contribution in [3.05, 3.63) is 23.2 Å². The summed E-state index contributed by atoms with van der Waals surface area (Å²) in [5.41, 5.74) is 7.23. The van der Waals surface area contributed by atoms with Crippen LogP contribution in [0.25, 0.3) is 11.0 Å². The van der Waals surface area contributed by atoms with Crippen molar-refractivity contribution in [2.75, 3.05) is 12.3 Å². The minimum Gasteiger partial charge on any atom is -0.369 e. The van der Waals surface area contributed by atoms with Crippen LogP contribution in [0.3, 0.4) is 0 Å². The number of amides is 1. The highest BCUT2D eigenvalue weighted by molar-refractivity contribution is 6.35. The lowest BCUT2D eigenvalue weighted by Gasteiger charge is -2.09. The van der Waals surface area contributed by atoms with Gasteiger partial charge >= 0.3 is 0 Å². The summed E-state index contributed by atoms with van der Waals surface area (Å²) in [6, 6.07) is 5.41. The van der Waals surface area contributed by atoms with Gasteiger partial charge in [0.15, 0.2) is 0 Å². The zero-order valence-corrected chi connectivity index (χ0v) is 11.7. The number of carbonyl (C=O) groups excluding carboxylic acids is 1. The normalized spacial score (nSPS) is 11.2. The molecule has 2 aromatic rings. The van der Waals surface area contributed by atoms with Gasteiger partial charge in [0.05, 0.1) is 10.5 Å². The minimum absolute atomic E-state index is 0.0836. The zero-order chi connectivity index (χ0) is 14.0. The SMILES string of the molecule is CC(C)CNC(=O)Cn1c(N)nc2c(Cl)cccc21. The van der Waals surface area contributed by atoms with Crippen LogP contribution in [-0.4, -0.2) is 22.0 Å². The summed E-state index contributed by atoms with van der Waals surface area (Å²) in [6.07, 6.45) is 0. The van der Waals surface area contributed by atoms with E-state index in [1.54, 1.807) is 10.6 Å². The van der Waals surface area contributed by atoms with Gasteiger partial charge in [0, 0.05) is 6.54 Å². The Labute approximate surface area is 116 Å². The van der Waals surface area contributed by atoms with Gasteiger partial charge in [0.25, 0.3) is 0 Å². The molecular weight excluding hydrogens is 264 g/mol. The van der Waals surface area contributed by atoms with Crippen LogP contribution in [0.2, 0.25) is 5.02 Å². The number of aromatic nitrogens is 2. The summed E-state index contributed by atoms with van der Waals surface area (Å²) in [5.74, 6) is 0.623. The Balaban J connectivity index is 2.23. The molecule has 1 heterocycles. The van der Waals surface area contributed by atoms with E-state index in [-0.39, 0.29) is 12.5 Å². The largest absolute Gasteiger partial charge is 0.369 e. The zero-order valence-electron chi connectivity index (χ0n) is 11.0. The lowest BCUT2D eigenvalue weighted by molar-refractivity contribution is -0.121. The Morgan fingerprint density at radius 3 is 2.95 bits per heavy atom. The molecule has 0 aliphatic heterocycles. The van der Waals surface area contributed by atoms with Crippen molar-refractivity contribution >= 4 is 34.5 Å². The van der Waals surface area contributed by atoms with Gasteiger partial charge in [-0.05, 0) is 18.1 Å². The molecule has 2 rings (SSSR count). The third-order valence-corrected chi connectivity index (χ3v) is 3.07. The van der Waals surface area contributed by atoms with Crippen molar-refractivity contribution in [2.45, 2.75) is 20.4 Å². The smallest absolute Gasteiger partial charge is 0.240 e. The molecule has 6 heteroatoms. The number of nitrogen functional groups attached to an aromatic ring is 1. The second-order valence-corrected chi connectivity index (χ2v) is 5.27. The molecule has 1 aromatic heterocycles. The molecule has 1 aromatic carbocycles. The molecule has 0 fully saturated rings. The molecule has 19 heavy (non-hydrogen) atoms. The first-order valence-electron chi connectivity index (χ1n) is 6.16. The Bertz CT molecular complexity index is 606. The number of imidazole rings is 1. The van der Waals surface area contributed by atoms with E-state index < -0.39 is 0 Å². The number of nitrogens with two attached hydrogens (primary N) is 1. The van der Waals surface area contributed by atoms with Crippen LogP contribution >= 0.6 is 11.6 Å². The predicted molar refractivity (Wildman–Crippen MR) is 77.0 cm³/mol. The van der Waals surface area contributed by atoms with E-state index in [2.05, 4.69) is 10.3 Å². The Morgan fingerprint density at radius 2 is 2.26 bits per heavy atom. The van der Waals surface area contributed by atoms with Crippen molar-refractivity contribution in [2.24, 2.45) is 5.92 Å². The number of benzene rings is 1. The van der Waals surface area contributed by atoms with E-state index in [4.69, 9.17) is 17.3 Å². The van der Waals surface area contributed by atoms with Gasteiger partial charge in [-0.15, -0.1) is 0 Å². The van der Waals surface area contributed by atoms with Gasteiger partial charge in [-0.1, -0.05) is 31.5 Å². The number of halogens is 1. The van der Waals surface area contributed by atoms with E-state index in [1.165, 1.54) is 0 Å². The lowest BCUT2D eigenvalue weighted by Crippen LogP contribution is -2.30. The summed E-state index contributed by atoms with van der Waals surface area (Å²) in [5, 5.41) is 3.38. The molecule has 0 bridgehead atoms. The number of hydrogen-bond donors (Lipinski definition) is 2. The highest BCUT2D eigenvalue weighted by Gasteiger charge is 2.13. The average molecular weight is 281 g/mol. The van der Waals surface area contributed by atoms with E-state index >= 15 is 0 Å². The Kier molecular flexibility index (Phi) is 3.95. The molecule has 0 aliphatic rings. The first-order valence-corrected chi connectivity index (χ1v) is 6.53. The van der Waals surface area contributed by atoms with Crippen LogP contribution in [0.5, 0.6) is 0 Å². The van der Waals surface area contributed by atoms with E-state index in [0.717, 1.165) is 5.52 Å². The lowest BCUT2D eigenvalue weighted by atomic mass is 10.2. The van der Waals surface area contributed by atoms with Crippen molar-refractivity contribution in [1.82, 2.24) is 14.9 Å². The number of rotatable bonds is 4. The highest BCUT2D eigenvalue weighted by atomic mass is 35.5. The standard InChI is InChI=1S/C13H17ClN4O/c1-8(2)6-16-11(19)7-18-10-5-3-4-9(14)12(10)17-13(18)15/h3-5,8H,6-7H2,1-2H3,(H2,15,17)(H,16,19). The predicted octanol–water partition coefficient (Wildman–Crippen LogP) is 2.04. The third kappa shape index (κ3) is 2.98. The fourth-order valence-corrected chi connectivity index (χ4v) is 2.03. The molecule has 0 aliphatic carbocycles. The molecule has 0 radical (unpaired) electrons. The highest BCUT2D eigenvalue weighted by Crippen LogP contribution is 2.24. The van der Waals surface area contributed by atoms with Crippen molar-refractivity contribution in [1.29, 1.82) is 0 Å². The van der Waals surface area contributed by atoms with Crippen LogP contribution < -0.4 is 11.1 Å². The fraction of sp³-hybridized carbons (Fsp3) is 0.385. The van der Waals surface area contributed by atoms with Crippen LogP contribution in [0, 0.1) is 5.92 Å². The number of fused-ring (bicyclic) bond motifs is 1. The van der Waals surface area contributed by atoms with Gasteiger partial charge in [-0.2, -0.15) is 0 Å². The van der Waals surface area contributed by atoms with Gasteiger partial charge < -0.3 is 15.6 Å². The first kappa shape index (κ1) is 13.7. The van der Waals surface area contributed by atoms with Crippen molar-refractivity contribution in [3.63, 3.8) is 0 Å². The number of nitrogens with zero attached hydrogens (tertiary/aromatic N) is 2. The number of anilines is 1. The maximum absolute atomic E-state index is 11.8. The number of carbonyl (C=O) groups is 1. The van der Waals surface area contributed by atoms with Crippen molar-refractivity contribution in [3.8, 4) is 0 Å². The number of nitrogens with one attached hydrogen (secondary N) is 1. The van der Waals surface area contributed by atoms with Crippen LogP contribution in [0.4, 0.5) is 5.95 Å². The van der Waals surface area contributed by atoms with Gasteiger partial charge in [-0.3, -0.25) is 4.79 Å². The maximum Gasteiger partial charge on any atom is 0.240 e. The second kappa shape index (κ2) is 5.48. The van der Waals surface area contributed by atoms with Crippen LogP contribution in [0.15, 0.2) is 18.2 Å². The molecule has 0 saturated heterocycles. The minimum atomic E-state index is -0.0836. The Morgan fingerprint density at radius 1 is 1.53 bits per heavy atom. The topological polar surface area (TPSA) is 72.9 Å².